The van der Waals surface area contributed by atoms with Crippen LogP contribution in [-0.4, -0.2) is 24.3 Å². The third-order valence-corrected chi connectivity index (χ3v) is 2.37. The molecule has 84 valence electrons. The lowest BCUT2D eigenvalue weighted by Gasteiger charge is -2.09. The van der Waals surface area contributed by atoms with E-state index in [0.29, 0.717) is 6.61 Å². The van der Waals surface area contributed by atoms with Crippen LogP contribution in [0, 0.1) is 0 Å². The van der Waals surface area contributed by atoms with Gasteiger partial charge in [0.1, 0.15) is 12.4 Å². The van der Waals surface area contributed by atoms with Crippen molar-refractivity contribution in [3.05, 3.63) is 24.0 Å². The molecule has 15 heavy (non-hydrogen) atoms. The van der Waals surface area contributed by atoms with E-state index in [2.05, 4.69) is 21.1 Å². The number of hydrogen-bond acceptors (Lipinski definition) is 3. The summed E-state index contributed by atoms with van der Waals surface area (Å²) in [6, 6.07) is 0. The Bertz CT molecular complexity index is 272. The number of allylic oxidation sites excluding steroid dienone is 3. The highest BCUT2D eigenvalue weighted by Gasteiger charge is 2.03. The van der Waals surface area contributed by atoms with Crippen molar-refractivity contribution in [2.24, 2.45) is 5.16 Å². The van der Waals surface area contributed by atoms with Gasteiger partial charge in [0.2, 0.25) is 0 Å². The minimum absolute atomic E-state index is 0.607. The van der Waals surface area contributed by atoms with Crippen LogP contribution in [0.1, 0.15) is 19.8 Å². The first-order chi connectivity index (χ1) is 7.36. The van der Waals surface area contributed by atoms with Gasteiger partial charge in [-0.05, 0) is 31.6 Å². The van der Waals surface area contributed by atoms with Crippen LogP contribution >= 0.6 is 15.9 Å². The average molecular weight is 274 g/mol. The number of rotatable bonds is 6. The molecule has 0 fully saturated rings. The largest absolute Gasteiger partial charge is 0.494 e. The fourth-order valence-electron chi connectivity index (χ4n) is 1.09. The van der Waals surface area contributed by atoms with Crippen LogP contribution < -0.4 is 0 Å². The summed E-state index contributed by atoms with van der Waals surface area (Å²) >= 11 is 3.36. The molecule has 1 rings (SSSR count). The summed E-state index contributed by atoms with van der Waals surface area (Å²) in [5, 5.41) is 4.93. The molecule has 0 atom stereocenters. The zero-order chi connectivity index (χ0) is 10.9. The van der Waals surface area contributed by atoms with Gasteiger partial charge < -0.3 is 9.57 Å². The Hall–Kier alpha value is -0.770. The minimum atomic E-state index is 0.607. The van der Waals surface area contributed by atoms with Crippen LogP contribution in [0.15, 0.2) is 29.1 Å². The molecule has 0 N–H and O–H groups in total. The first kappa shape index (κ1) is 12.3. The lowest BCUT2D eigenvalue weighted by molar-refractivity contribution is 0.158. The normalized spacial score (nSPS) is 17.7. The highest BCUT2D eigenvalue weighted by molar-refractivity contribution is 9.09. The van der Waals surface area contributed by atoms with E-state index in [0.717, 1.165) is 36.2 Å². The van der Waals surface area contributed by atoms with E-state index < -0.39 is 0 Å². The molecule has 1 aliphatic rings. The van der Waals surface area contributed by atoms with Crippen molar-refractivity contribution in [1.29, 1.82) is 0 Å². The van der Waals surface area contributed by atoms with Gasteiger partial charge in [-0.3, -0.25) is 0 Å². The van der Waals surface area contributed by atoms with Crippen molar-refractivity contribution in [2.75, 3.05) is 18.5 Å². The molecule has 0 aliphatic heterocycles. The Morgan fingerprint density at radius 3 is 2.93 bits per heavy atom. The third-order valence-electron chi connectivity index (χ3n) is 1.81. The molecule has 0 heterocycles. The molecule has 3 nitrogen and oxygen atoms in total. The van der Waals surface area contributed by atoms with E-state index in [1.54, 1.807) is 0 Å². The molecule has 0 amide bonds. The van der Waals surface area contributed by atoms with Crippen LogP contribution in [-0.2, 0) is 9.57 Å². The summed E-state index contributed by atoms with van der Waals surface area (Å²) in [6.45, 7) is 3.27. The standard InChI is InChI=1S/C11H16BrNO2/c1-2-15-13-10-4-6-11(7-5-10)14-9-3-8-12/h4,6-7H,2-3,5,8-9H2,1H3. The zero-order valence-corrected chi connectivity index (χ0v) is 10.5. The SMILES string of the molecule is CCON=C1C=CC(OCCCBr)=CC1. The number of oxime groups is 1. The molecule has 0 unspecified atom stereocenters. The average Bonchev–Trinajstić information content (AvgIpc) is 2.28. The van der Waals surface area contributed by atoms with Gasteiger partial charge in [0.05, 0.1) is 12.3 Å². The van der Waals surface area contributed by atoms with Crippen molar-refractivity contribution in [3.63, 3.8) is 0 Å². The summed E-state index contributed by atoms with van der Waals surface area (Å²) in [7, 11) is 0. The van der Waals surface area contributed by atoms with Crippen LogP contribution in [0.3, 0.4) is 0 Å². The van der Waals surface area contributed by atoms with E-state index in [1.165, 1.54) is 0 Å². The topological polar surface area (TPSA) is 30.8 Å². The van der Waals surface area contributed by atoms with Gasteiger partial charge in [0.15, 0.2) is 0 Å². The Labute approximate surface area is 98.9 Å². The summed E-state index contributed by atoms with van der Waals surface area (Å²) in [5.74, 6) is 0.923. The first-order valence-corrected chi connectivity index (χ1v) is 6.24. The van der Waals surface area contributed by atoms with Crippen LogP contribution in [0.4, 0.5) is 0 Å². The molecular weight excluding hydrogens is 258 g/mol. The number of ether oxygens (including phenoxy) is 1. The highest BCUT2D eigenvalue weighted by atomic mass is 79.9. The first-order valence-electron chi connectivity index (χ1n) is 5.12. The van der Waals surface area contributed by atoms with Crippen molar-refractivity contribution in [1.82, 2.24) is 0 Å². The maximum absolute atomic E-state index is 5.52. The minimum Gasteiger partial charge on any atom is -0.494 e. The molecular formula is C11H16BrNO2. The van der Waals surface area contributed by atoms with Crippen molar-refractivity contribution >= 4 is 21.6 Å². The van der Waals surface area contributed by atoms with Gasteiger partial charge in [-0.1, -0.05) is 21.1 Å². The van der Waals surface area contributed by atoms with E-state index in [9.17, 15) is 0 Å². The number of nitrogens with zero attached hydrogens (tertiary/aromatic N) is 1. The lowest BCUT2D eigenvalue weighted by Crippen LogP contribution is -2.02. The fraction of sp³-hybridized carbons (Fsp3) is 0.545. The van der Waals surface area contributed by atoms with Crippen molar-refractivity contribution in [3.8, 4) is 0 Å². The van der Waals surface area contributed by atoms with Crippen molar-refractivity contribution < 1.29 is 9.57 Å². The second-order valence-electron chi connectivity index (χ2n) is 3.04. The summed E-state index contributed by atoms with van der Waals surface area (Å²) < 4.78 is 5.52. The third kappa shape index (κ3) is 5.02. The van der Waals surface area contributed by atoms with E-state index >= 15 is 0 Å². The maximum Gasteiger partial charge on any atom is 0.115 e. The molecule has 0 bridgehead atoms. The molecule has 0 aromatic heterocycles. The predicted molar refractivity (Wildman–Crippen MR) is 65.3 cm³/mol. The summed E-state index contributed by atoms with van der Waals surface area (Å²) in [4.78, 5) is 4.97. The zero-order valence-electron chi connectivity index (χ0n) is 8.91. The van der Waals surface area contributed by atoms with E-state index in [1.807, 2.05) is 25.2 Å². The molecule has 0 radical (unpaired) electrons. The second-order valence-corrected chi connectivity index (χ2v) is 3.83. The Balaban J connectivity index is 2.30. The number of halogens is 1. The molecule has 0 saturated carbocycles. The monoisotopic (exact) mass is 273 g/mol. The molecule has 0 saturated heterocycles. The fourth-order valence-corrected chi connectivity index (χ4v) is 1.32. The van der Waals surface area contributed by atoms with Gasteiger partial charge in [0, 0.05) is 11.8 Å². The van der Waals surface area contributed by atoms with E-state index in [4.69, 9.17) is 9.57 Å². The molecule has 0 aromatic carbocycles. The number of alkyl halides is 1. The summed E-state index contributed by atoms with van der Waals surface area (Å²) in [5.41, 5.74) is 0.935. The quantitative estimate of drug-likeness (QED) is 0.423. The molecule has 1 aliphatic carbocycles. The Kier molecular flexibility index (Phi) is 6.16. The van der Waals surface area contributed by atoms with Crippen LogP contribution in [0.2, 0.25) is 0 Å². The van der Waals surface area contributed by atoms with Crippen LogP contribution in [0.25, 0.3) is 0 Å². The Morgan fingerprint density at radius 1 is 1.47 bits per heavy atom. The maximum atomic E-state index is 5.52. The Morgan fingerprint density at radius 2 is 2.33 bits per heavy atom. The number of hydrogen-bond donors (Lipinski definition) is 0. The van der Waals surface area contributed by atoms with E-state index in [-0.39, 0.29) is 0 Å². The second kappa shape index (κ2) is 7.51. The van der Waals surface area contributed by atoms with Gasteiger partial charge >= 0.3 is 0 Å². The lowest BCUT2D eigenvalue weighted by atomic mass is 10.1. The van der Waals surface area contributed by atoms with Crippen molar-refractivity contribution in [2.45, 2.75) is 19.8 Å². The van der Waals surface area contributed by atoms with Gasteiger partial charge in [0.25, 0.3) is 0 Å². The van der Waals surface area contributed by atoms with Gasteiger partial charge in [-0.15, -0.1) is 0 Å². The molecule has 0 aromatic rings. The molecule has 4 heteroatoms. The predicted octanol–water partition coefficient (Wildman–Crippen LogP) is 3.02. The van der Waals surface area contributed by atoms with Gasteiger partial charge in [-0.2, -0.15) is 0 Å². The van der Waals surface area contributed by atoms with Crippen LogP contribution in [0.5, 0.6) is 0 Å². The van der Waals surface area contributed by atoms with Gasteiger partial charge in [-0.25, -0.2) is 0 Å². The molecule has 0 spiro atoms. The highest BCUT2D eigenvalue weighted by Crippen LogP contribution is 2.10. The smallest absolute Gasteiger partial charge is 0.115 e. The summed E-state index contributed by atoms with van der Waals surface area (Å²) in [6.07, 6.45) is 7.67.